The second kappa shape index (κ2) is 6.09. The Morgan fingerprint density at radius 2 is 1.96 bits per heavy atom. The molecule has 2 N–H and O–H groups in total. The molecular formula is C15H20N2O4S2. The molecule has 23 heavy (non-hydrogen) atoms. The number of sulfone groups is 1. The van der Waals surface area contributed by atoms with Gasteiger partial charge in [0, 0.05) is 15.7 Å². The number of rotatable bonds is 3. The van der Waals surface area contributed by atoms with Gasteiger partial charge in [0.15, 0.2) is 9.84 Å². The van der Waals surface area contributed by atoms with Gasteiger partial charge in [-0.25, -0.2) is 8.42 Å². The van der Waals surface area contributed by atoms with Gasteiger partial charge in [-0.05, 0) is 19.1 Å². The molecule has 1 aliphatic rings. The highest BCUT2D eigenvalue weighted by molar-refractivity contribution is 7.94. The molecule has 0 aromatic carbocycles. The molecule has 126 valence electrons. The van der Waals surface area contributed by atoms with Crippen molar-refractivity contribution in [3.8, 4) is 0 Å². The fraction of sp³-hybridized carbons (Fsp3) is 0.467. The van der Waals surface area contributed by atoms with Gasteiger partial charge in [-0.2, -0.15) is 0 Å². The van der Waals surface area contributed by atoms with Crippen LogP contribution in [0.2, 0.25) is 0 Å². The van der Waals surface area contributed by atoms with Crippen molar-refractivity contribution in [3.05, 3.63) is 28.0 Å². The molecule has 0 spiro atoms. The zero-order valence-electron chi connectivity index (χ0n) is 13.5. The lowest BCUT2D eigenvalue weighted by Gasteiger charge is -2.18. The molecule has 0 bridgehead atoms. The van der Waals surface area contributed by atoms with Crippen molar-refractivity contribution in [3.63, 3.8) is 0 Å². The Morgan fingerprint density at radius 1 is 1.30 bits per heavy atom. The SMILES string of the molecule is Cc1cc(C(=O)N[C@H]2C=CS(=O)(=O)C2)c(NC(=O)C(C)(C)C)s1. The van der Waals surface area contributed by atoms with Gasteiger partial charge in [0.2, 0.25) is 5.91 Å². The molecule has 0 radical (unpaired) electrons. The number of carbonyl (C=O) groups is 2. The van der Waals surface area contributed by atoms with Crippen molar-refractivity contribution < 1.29 is 18.0 Å². The number of hydrogen-bond donors (Lipinski definition) is 2. The quantitative estimate of drug-likeness (QED) is 0.867. The van der Waals surface area contributed by atoms with Crippen LogP contribution in [0.3, 0.4) is 0 Å². The van der Waals surface area contributed by atoms with Crippen molar-refractivity contribution in [2.75, 3.05) is 11.1 Å². The van der Waals surface area contributed by atoms with Gasteiger partial charge in [0.1, 0.15) is 5.00 Å². The molecule has 1 aliphatic heterocycles. The lowest BCUT2D eigenvalue weighted by atomic mass is 9.96. The van der Waals surface area contributed by atoms with Crippen LogP contribution in [0.4, 0.5) is 5.00 Å². The summed E-state index contributed by atoms with van der Waals surface area (Å²) in [4.78, 5) is 25.4. The molecular weight excluding hydrogens is 336 g/mol. The molecule has 0 aliphatic carbocycles. The largest absolute Gasteiger partial charge is 0.345 e. The third-order valence-corrected chi connectivity index (χ3v) is 5.62. The molecule has 2 amide bonds. The fourth-order valence-electron chi connectivity index (χ4n) is 1.98. The molecule has 1 aromatic rings. The van der Waals surface area contributed by atoms with E-state index >= 15 is 0 Å². The Bertz CT molecular complexity index is 770. The van der Waals surface area contributed by atoms with Crippen molar-refractivity contribution >= 4 is 38.0 Å². The first kappa shape index (κ1) is 17.7. The van der Waals surface area contributed by atoms with E-state index in [9.17, 15) is 18.0 Å². The monoisotopic (exact) mass is 356 g/mol. The standard InChI is InChI=1S/C15H20N2O4S2/c1-9-7-11(13(22-9)17-14(19)15(2,3)4)12(18)16-10-5-6-23(20,21)8-10/h5-7,10H,8H2,1-4H3,(H,16,18)(H,17,19)/t10-/m0/s1. The number of thiophene rings is 1. The van der Waals surface area contributed by atoms with Crippen molar-refractivity contribution in [1.82, 2.24) is 5.32 Å². The lowest BCUT2D eigenvalue weighted by molar-refractivity contribution is -0.123. The minimum Gasteiger partial charge on any atom is -0.345 e. The van der Waals surface area contributed by atoms with Crippen LogP contribution in [0.1, 0.15) is 36.0 Å². The predicted molar refractivity (Wildman–Crippen MR) is 91.3 cm³/mol. The van der Waals surface area contributed by atoms with E-state index in [1.54, 1.807) is 26.8 Å². The zero-order chi connectivity index (χ0) is 17.4. The summed E-state index contributed by atoms with van der Waals surface area (Å²) >= 11 is 1.32. The van der Waals surface area contributed by atoms with Crippen LogP contribution in [-0.2, 0) is 14.6 Å². The van der Waals surface area contributed by atoms with Crippen molar-refractivity contribution in [2.45, 2.75) is 33.7 Å². The summed E-state index contributed by atoms with van der Waals surface area (Å²) in [6, 6.07) is 1.14. The average Bonchev–Trinajstić information content (AvgIpc) is 2.91. The maximum absolute atomic E-state index is 12.4. The van der Waals surface area contributed by atoms with E-state index in [4.69, 9.17) is 0 Å². The molecule has 0 saturated carbocycles. The molecule has 1 aromatic heterocycles. The molecule has 0 saturated heterocycles. The van der Waals surface area contributed by atoms with Gasteiger partial charge in [-0.1, -0.05) is 20.8 Å². The molecule has 0 fully saturated rings. The molecule has 1 atom stereocenters. The van der Waals surface area contributed by atoms with Crippen LogP contribution < -0.4 is 10.6 Å². The Kier molecular flexibility index (Phi) is 4.68. The summed E-state index contributed by atoms with van der Waals surface area (Å²) in [5.74, 6) is -0.715. The first-order chi connectivity index (χ1) is 10.5. The smallest absolute Gasteiger partial charge is 0.254 e. The van der Waals surface area contributed by atoms with E-state index in [0.29, 0.717) is 10.6 Å². The van der Waals surface area contributed by atoms with Crippen LogP contribution in [0.5, 0.6) is 0 Å². The summed E-state index contributed by atoms with van der Waals surface area (Å²) in [5.41, 5.74) is -0.226. The van der Waals surface area contributed by atoms with Crippen LogP contribution in [-0.4, -0.2) is 32.0 Å². The number of nitrogens with one attached hydrogen (secondary N) is 2. The van der Waals surface area contributed by atoms with Gasteiger partial charge in [-0.3, -0.25) is 9.59 Å². The first-order valence-corrected chi connectivity index (χ1v) is 9.65. The zero-order valence-corrected chi connectivity index (χ0v) is 15.1. The minimum atomic E-state index is -3.23. The topological polar surface area (TPSA) is 92.3 Å². The number of aryl methyl sites for hydroxylation is 1. The average molecular weight is 356 g/mol. The highest BCUT2D eigenvalue weighted by Crippen LogP contribution is 2.29. The Balaban J connectivity index is 2.15. The number of hydrogen-bond acceptors (Lipinski definition) is 5. The molecule has 2 heterocycles. The highest BCUT2D eigenvalue weighted by atomic mass is 32.2. The molecule has 8 heteroatoms. The number of carbonyl (C=O) groups excluding carboxylic acids is 2. The minimum absolute atomic E-state index is 0.133. The van der Waals surface area contributed by atoms with Gasteiger partial charge in [-0.15, -0.1) is 11.3 Å². The normalized spacial score (nSPS) is 19.6. The van der Waals surface area contributed by atoms with E-state index in [2.05, 4.69) is 10.6 Å². The van der Waals surface area contributed by atoms with E-state index < -0.39 is 27.2 Å². The fourth-order valence-corrected chi connectivity index (χ4v) is 4.12. The summed E-state index contributed by atoms with van der Waals surface area (Å²) in [6.45, 7) is 7.21. The number of anilines is 1. The van der Waals surface area contributed by atoms with E-state index in [1.165, 1.54) is 17.4 Å². The van der Waals surface area contributed by atoms with Gasteiger partial charge in [0.05, 0.1) is 17.4 Å². The van der Waals surface area contributed by atoms with E-state index in [1.807, 2.05) is 6.92 Å². The molecule has 6 nitrogen and oxygen atoms in total. The van der Waals surface area contributed by atoms with Gasteiger partial charge < -0.3 is 10.6 Å². The Morgan fingerprint density at radius 3 is 2.48 bits per heavy atom. The summed E-state index contributed by atoms with van der Waals surface area (Å²) in [5, 5.41) is 7.03. The second-order valence-corrected chi connectivity index (χ2v) is 9.73. The predicted octanol–water partition coefficient (Wildman–Crippen LogP) is 2.08. The van der Waals surface area contributed by atoms with Gasteiger partial charge in [0.25, 0.3) is 5.91 Å². The summed E-state index contributed by atoms with van der Waals surface area (Å²) in [6.07, 6.45) is 1.46. The second-order valence-electron chi connectivity index (χ2n) is 6.54. The van der Waals surface area contributed by atoms with E-state index in [-0.39, 0.29) is 11.7 Å². The number of amides is 2. The summed E-state index contributed by atoms with van der Waals surface area (Å²) < 4.78 is 22.8. The maximum Gasteiger partial charge on any atom is 0.254 e. The van der Waals surface area contributed by atoms with Crippen molar-refractivity contribution in [1.29, 1.82) is 0 Å². The molecule has 0 unspecified atom stereocenters. The van der Waals surface area contributed by atoms with E-state index in [0.717, 1.165) is 10.3 Å². The highest BCUT2D eigenvalue weighted by Gasteiger charge is 2.27. The third kappa shape index (κ3) is 4.42. The first-order valence-electron chi connectivity index (χ1n) is 7.12. The Labute approximate surface area is 139 Å². The molecule has 2 rings (SSSR count). The third-order valence-electron chi connectivity index (χ3n) is 3.25. The van der Waals surface area contributed by atoms with Crippen molar-refractivity contribution in [2.24, 2.45) is 5.41 Å². The van der Waals surface area contributed by atoms with Crippen LogP contribution in [0.15, 0.2) is 17.6 Å². The summed E-state index contributed by atoms with van der Waals surface area (Å²) in [7, 11) is -3.23. The van der Waals surface area contributed by atoms with Gasteiger partial charge >= 0.3 is 0 Å². The van der Waals surface area contributed by atoms with Crippen LogP contribution in [0, 0.1) is 12.3 Å². The van der Waals surface area contributed by atoms with Crippen LogP contribution in [0.25, 0.3) is 0 Å². The van der Waals surface area contributed by atoms with Crippen LogP contribution >= 0.6 is 11.3 Å². The maximum atomic E-state index is 12.4. The Hall–Kier alpha value is -1.67. The lowest BCUT2D eigenvalue weighted by Crippen LogP contribution is -2.36.